The summed E-state index contributed by atoms with van der Waals surface area (Å²) >= 11 is 3.29. The lowest BCUT2D eigenvalue weighted by Gasteiger charge is -2.34. The predicted octanol–water partition coefficient (Wildman–Crippen LogP) is 5.39. The van der Waals surface area contributed by atoms with Crippen molar-refractivity contribution >= 4 is 50.2 Å². The summed E-state index contributed by atoms with van der Waals surface area (Å²) < 4.78 is 39.7. The number of nitrogens with zero attached hydrogens (tertiary/aromatic N) is 3. The zero-order valence-corrected chi connectivity index (χ0v) is 17.7. The Kier molecular flexibility index (Phi) is 5.79. The minimum absolute atomic E-state index is 0.132. The highest BCUT2D eigenvalue weighted by molar-refractivity contribution is 7.98. The summed E-state index contributed by atoms with van der Waals surface area (Å²) in [4.78, 5) is 22.2. The number of hydrogen-bond acceptors (Lipinski definition) is 5. The summed E-state index contributed by atoms with van der Waals surface area (Å²) in [6.45, 7) is 2.17. The van der Waals surface area contributed by atoms with E-state index in [9.17, 15) is 18.0 Å². The van der Waals surface area contributed by atoms with Crippen molar-refractivity contribution in [3.8, 4) is 0 Å². The number of alkyl halides is 3. The molecule has 2 heterocycles. The van der Waals surface area contributed by atoms with E-state index >= 15 is 0 Å². The molecule has 0 bridgehead atoms. The summed E-state index contributed by atoms with van der Waals surface area (Å²) in [7, 11) is 0. The van der Waals surface area contributed by atoms with Crippen LogP contribution in [0.15, 0.2) is 47.4 Å². The third-order valence-electron chi connectivity index (χ3n) is 4.87. The molecule has 10 heteroatoms. The first-order chi connectivity index (χ1) is 14.3. The van der Waals surface area contributed by atoms with Gasteiger partial charge in [-0.1, -0.05) is 23.5 Å². The van der Waals surface area contributed by atoms with Crippen LogP contribution < -0.4 is 10.2 Å². The topological polar surface area (TPSA) is 48.5 Å². The first-order valence-corrected chi connectivity index (χ1v) is 11.3. The molecule has 3 aromatic rings. The van der Waals surface area contributed by atoms with E-state index in [1.807, 2.05) is 18.4 Å². The predicted molar refractivity (Wildman–Crippen MR) is 116 cm³/mol. The molecule has 1 aliphatic rings. The molecule has 1 aromatic heterocycles. The normalized spacial score (nSPS) is 14.9. The highest BCUT2D eigenvalue weighted by Gasteiger charge is 2.31. The third-order valence-corrected chi connectivity index (χ3v) is 6.72. The molecular formula is C20H19F3N4OS2. The quantitative estimate of drug-likeness (QED) is 0.542. The number of piperazine rings is 1. The van der Waals surface area contributed by atoms with E-state index in [1.165, 1.54) is 12.1 Å². The minimum atomic E-state index is -4.44. The molecule has 158 valence electrons. The van der Waals surface area contributed by atoms with Gasteiger partial charge in [-0.15, -0.1) is 11.8 Å². The number of thioether (sulfide) groups is 1. The second kappa shape index (κ2) is 8.35. The Balaban J connectivity index is 1.39. The lowest BCUT2D eigenvalue weighted by molar-refractivity contribution is -0.137. The van der Waals surface area contributed by atoms with Crippen LogP contribution in [0.5, 0.6) is 0 Å². The number of para-hydroxylation sites is 1. The highest BCUT2D eigenvalue weighted by atomic mass is 32.2. The number of carbonyl (C=O) groups excluding carboxylic acids is 1. The molecule has 5 nitrogen and oxygen atoms in total. The smallest absolute Gasteiger partial charge is 0.345 e. The van der Waals surface area contributed by atoms with Crippen molar-refractivity contribution in [2.75, 3.05) is 42.7 Å². The van der Waals surface area contributed by atoms with Crippen molar-refractivity contribution in [1.82, 2.24) is 9.88 Å². The van der Waals surface area contributed by atoms with Crippen molar-refractivity contribution in [3.05, 3.63) is 48.0 Å². The summed E-state index contributed by atoms with van der Waals surface area (Å²) in [6, 6.07) is 10.4. The van der Waals surface area contributed by atoms with Gasteiger partial charge in [-0.05, 0) is 36.6 Å². The molecule has 0 aliphatic carbocycles. The maximum absolute atomic E-state index is 12.9. The van der Waals surface area contributed by atoms with Crippen LogP contribution in [0.3, 0.4) is 0 Å². The van der Waals surface area contributed by atoms with E-state index in [0.29, 0.717) is 26.2 Å². The number of aromatic nitrogens is 1. The Morgan fingerprint density at radius 1 is 1.13 bits per heavy atom. The zero-order chi connectivity index (χ0) is 21.3. The number of amides is 2. The molecule has 2 amide bonds. The van der Waals surface area contributed by atoms with E-state index in [1.54, 1.807) is 28.0 Å². The molecule has 0 radical (unpaired) electrons. The van der Waals surface area contributed by atoms with Crippen molar-refractivity contribution in [3.63, 3.8) is 0 Å². The fraction of sp³-hybridized carbons (Fsp3) is 0.300. The number of nitrogens with one attached hydrogen (secondary N) is 1. The molecule has 1 saturated heterocycles. The van der Waals surface area contributed by atoms with E-state index in [4.69, 9.17) is 4.98 Å². The number of thiazole rings is 1. The van der Waals surface area contributed by atoms with E-state index in [2.05, 4.69) is 16.3 Å². The fourth-order valence-electron chi connectivity index (χ4n) is 3.29. The van der Waals surface area contributed by atoms with Crippen LogP contribution in [0, 0.1) is 0 Å². The van der Waals surface area contributed by atoms with Crippen LogP contribution in [0.25, 0.3) is 10.2 Å². The molecule has 0 unspecified atom stereocenters. The van der Waals surface area contributed by atoms with Gasteiger partial charge in [0, 0.05) is 36.8 Å². The Labute approximate surface area is 179 Å². The molecule has 4 rings (SSSR count). The summed E-state index contributed by atoms with van der Waals surface area (Å²) in [5.74, 6) is 0. The van der Waals surface area contributed by atoms with Crippen LogP contribution in [0.4, 0.5) is 28.8 Å². The standard InChI is InChI=1S/C20H19F3N4OS2/c1-29-15-6-3-7-16-17(15)25-19(30-16)27-10-8-26(9-11-27)18(28)24-14-5-2-4-13(12-14)20(21,22)23/h2-7,12H,8-11H2,1H3,(H,24,28). The van der Waals surface area contributed by atoms with Crippen LogP contribution in [-0.2, 0) is 6.18 Å². The number of fused-ring (bicyclic) bond motifs is 1. The van der Waals surface area contributed by atoms with E-state index < -0.39 is 17.8 Å². The van der Waals surface area contributed by atoms with Gasteiger partial charge in [-0.25, -0.2) is 9.78 Å². The summed E-state index contributed by atoms with van der Waals surface area (Å²) in [5, 5.41) is 3.49. The molecule has 0 atom stereocenters. The first-order valence-electron chi connectivity index (χ1n) is 9.27. The number of benzene rings is 2. The second-order valence-corrected chi connectivity index (χ2v) is 8.64. The highest BCUT2D eigenvalue weighted by Crippen LogP contribution is 2.34. The van der Waals surface area contributed by atoms with Gasteiger partial charge in [0.05, 0.1) is 15.8 Å². The lowest BCUT2D eigenvalue weighted by Crippen LogP contribution is -2.50. The molecule has 0 saturated carbocycles. The summed E-state index contributed by atoms with van der Waals surface area (Å²) in [5.41, 5.74) is 0.341. The van der Waals surface area contributed by atoms with E-state index in [0.717, 1.165) is 32.4 Å². The van der Waals surface area contributed by atoms with Crippen LogP contribution >= 0.6 is 23.1 Å². The second-order valence-electron chi connectivity index (χ2n) is 6.79. The average molecular weight is 453 g/mol. The van der Waals surface area contributed by atoms with Crippen molar-refractivity contribution in [2.45, 2.75) is 11.1 Å². The maximum Gasteiger partial charge on any atom is 0.416 e. The fourth-order valence-corrected chi connectivity index (χ4v) is 4.96. The minimum Gasteiger partial charge on any atom is -0.345 e. The molecule has 1 aliphatic heterocycles. The third kappa shape index (κ3) is 4.34. The van der Waals surface area contributed by atoms with E-state index in [-0.39, 0.29) is 5.69 Å². The van der Waals surface area contributed by atoms with Crippen molar-refractivity contribution in [1.29, 1.82) is 0 Å². The molecule has 1 fully saturated rings. The van der Waals surface area contributed by atoms with Gasteiger partial charge in [0.15, 0.2) is 5.13 Å². The van der Waals surface area contributed by atoms with Gasteiger partial charge in [0.1, 0.15) is 0 Å². The van der Waals surface area contributed by atoms with Gasteiger partial charge in [0.25, 0.3) is 0 Å². The molecule has 0 spiro atoms. The number of halogens is 3. The maximum atomic E-state index is 12.9. The van der Waals surface area contributed by atoms with Gasteiger partial charge in [0.2, 0.25) is 0 Å². The SMILES string of the molecule is CSc1cccc2sc(N3CCN(C(=O)Nc4cccc(C(F)(F)F)c4)CC3)nc12. The molecular weight excluding hydrogens is 433 g/mol. The summed E-state index contributed by atoms with van der Waals surface area (Å²) in [6.07, 6.45) is -2.42. The first kappa shape index (κ1) is 20.8. The van der Waals surface area contributed by atoms with Gasteiger partial charge in [-0.2, -0.15) is 13.2 Å². The van der Waals surface area contributed by atoms with Crippen LogP contribution in [-0.4, -0.2) is 48.3 Å². The Morgan fingerprint density at radius 3 is 2.57 bits per heavy atom. The number of urea groups is 1. The van der Waals surface area contributed by atoms with Crippen molar-refractivity contribution < 1.29 is 18.0 Å². The zero-order valence-electron chi connectivity index (χ0n) is 16.1. The van der Waals surface area contributed by atoms with Crippen LogP contribution in [0.1, 0.15) is 5.56 Å². The Hall–Kier alpha value is -2.46. The Morgan fingerprint density at radius 2 is 1.87 bits per heavy atom. The monoisotopic (exact) mass is 452 g/mol. The lowest BCUT2D eigenvalue weighted by atomic mass is 10.2. The van der Waals surface area contributed by atoms with Gasteiger partial charge < -0.3 is 15.1 Å². The Bertz CT molecular complexity index is 1060. The molecule has 1 N–H and O–H groups in total. The van der Waals surface area contributed by atoms with Gasteiger partial charge in [-0.3, -0.25) is 0 Å². The van der Waals surface area contributed by atoms with Crippen molar-refractivity contribution in [2.24, 2.45) is 0 Å². The average Bonchev–Trinajstić information content (AvgIpc) is 3.18. The van der Waals surface area contributed by atoms with Crippen LogP contribution in [0.2, 0.25) is 0 Å². The number of hydrogen-bond donors (Lipinski definition) is 1. The molecule has 30 heavy (non-hydrogen) atoms. The largest absolute Gasteiger partial charge is 0.416 e. The number of carbonyl (C=O) groups is 1. The number of rotatable bonds is 3. The number of anilines is 2. The molecule has 2 aromatic carbocycles. The van der Waals surface area contributed by atoms with Gasteiger partial charge >= 0.3 is 12.2 Å².